The number of hydrogen-bond donors (Lipinski definition) is 1. The van der Waals surface area contributed by atoms with Crippen LogP contribution in [0.4, 0.5) is 0 Å². The van der Waals surface area contributed by atoms with Crippen LogP contribution < -0.4 is 0 Å². The molecule has 0 atom stereocenters. The predicted octanol–water partition coefficient (Wildman–Crippen LogP) is 1.52. The second-order valence-electron chi connectivity index (χ2n) is 4.82. The Kier molecular flexibility index (Phi) is 2.49. The van der Waals surface area contributed by atoms with E-state index in [-0.39, 0.29) is 0 Å². The van der Waals surface area contributed by atoms with Crippen LogP contribution in [0.2, 0.25) is 5.02 Å². The lowest BCUT2D eigenvalue weighted by Gasteiger charge is -1.99. The summed E-state index contributed by atoms with van der Waals surface area (Å²) < 4.78 is 3.44. The molecule has 0 aliphatic rings. The van der Waals surface area contributed by atoms with Gasteiger partial charge in [0, 0.05) is 0 Å². The van der Waals surface area contributed by atoms with Crippen molar-refractivity contribution in [2.45, 2.75) is 20.4 Å². The first kappa shape index (κ1) is 12.3. The Morgan fingerprint density at radius 2 is 2.14 bits per heavy atom. The van der Waals surface area contributed by atoms with Gasteiger partial charge in [-0.15, -0.1) is 5.10 Å². The summed E-state index contributed by atoms with van der Waals surface area (Å²) >= 11 is 6.15. The maximum Gasteiger partial charge on any atom is 0.173 e. The van der Waals surface area contributed by atoms with Gasteiger partial charge in [-0.05, 0) is 13.8 Å². The fraction of sp³-hybridized carbons (Fsp3) is 0.250. The van der Waals surface area contributed by atoms with Gasteiger partial charge in [0.25, 0.3) is 0 Å². The highest BCUT2D eigenvalue weighted by Gasteiger charge is 2.13. The first-order chi connectivity index (χ1) is 10.1. The molecule has 0 fully saturated rings. The molecule has 0 bridgehead atoms. The normalized spacial score (nSPS) is 11.8. The van der Waals surface area contributed by atoms with E-state index in [0.717, 1.165) is 22.4 Å². The second kappa shape index (κ2) is 4.26. The molecule has 0 aliphatic carbocycles. The first-order valence-electron chi connectivity index (χ1n) is 6.36. The molecule has 0 aliphatic heterocycles. The Hall–Kier alpha value is -2.48. The molecule has 21 heavy (non-hydrogen) atoms. The molecule has 4 rings (SSSR count). The van der Waals surface area contributed by atoms with Crippen LogP contribution in [0, 0.1) is 13.8 Å². The molecule has 0 spiro atoms. The van der Waals surface area contributed by atoms with Crippen LogP contribution in [0.5, 0.6) is 0 Å². The van der Waals surface area contributed by atoms with Crippen molar-refractivity contribution in [3.63, 3.8) is 0 Å². The van der Waals surface area contributed by atoms with E-state index in [1.165, 1.54) is 0 Å². The van der Waals surface area contributed by atoms with Crippen LogP contribution >= 0.6 is 11.6 Å². The summed E-state index contributed by atoms with van der Waals surface area (Å²) in [5, 5.41) is 17.1. The van der Waals surface area contributed by atoms with Crippen LogP contribution in [0.3, 0.4) is 0 Å². The van der Waals surface area contributed by atoms with E-state index in [9.17, 15) is 0 Å². The van der Waals surface area contributed by atoms with Crippen LogP contribution in [-0.4, -0.2) is 39.6 Å². The van der Waals surface area contributed by atoms with E-state index in [2.05, 4.69) is 30.4 Å². The van der Waals surface area contributed by atoms with Gasteiger partial charge in [0.1, 0.15) is 12.9 Å². The third kappa shape index (κ3) is 1.79. The molecule has 4 heterocycles. The summed E-state index contributed by atoms with van der Waals surface area (Å²) in [5.74, 6) is 0.646. The van der Waals surface area contributed by atoms with Gasteiger partial charge >= 0.3 is 0 Å². The van der Waals surface area contributed by atoms with Gasteiger partial charge in [-0.2, -0.15) is 10.2 Å². The predicted molar refractivity (Wildman–Crippen MR) is 76.2 cm³/mol. The molecule has 0 amide bonds. The van der Waals surface area contributed by atoms with Crippen molar-refractivity contribution in [3.05, 3.63) is 34.8 Å². The molecule has 106 valence electrons. The molecule has 4 aromatic rings. The van der Waals surface area contributed by atoms with Crippen LogP contribution in [0.25, 0.3) is 16.7 Å². The Morgan fingerprint density at radius 1 is 1.29 bits per heavy atom. The fourth-order valence-electron chi connectivity index (χ4n) is 2.32. The number of aromatic amines is 1. The third-order valence-electron chi connectivity index (χ3n) is 3.42. The maximum absolute atomic E-state index is 6.15. The molecule has 9 heteroatoms. The first-order valence-corrected chi connectivity index (χ1v) is 6.74. The van der Waals surface area contributed by atoms with Gasteiger partial charge in [0.05, 0.1) is 28.0 Å². The van der Waals surface area contributed by atoms with Gasteiger partial charge in [0.15, 0.2) is 17.1 Å². The van der Waals surface area contributed by atoms with Crippen molar-refractivity contribution in [1.82, 2.24) is 39.6 Å². The highest BCUT2D eigenvalue weighted by atomic mass is 35.5. The van der Waals surface area contributed by atoms with E-state index in [1.807, 2.05) is 13.8 Å². The third-order valence-corrected chi connectivity index (χ3v) is 3.96. The number of nitrogens with one attached hydrogen (secondary N) is 1. The topological polar surface area (TPSA) is 89.6 Å². The minimum atomic E-state index is 0.459. The van der Waals surface area contributed by atoms with E-state index < -0.39 is 0 Å². The van der Waals surface area contributed by atoms with E-state index >= 15 is 0 Å². The van der Waals surface area contributed by atoms with Crippen LogP contribution in [0.1, 0.15) is 17.2 Å². The summed E-state index contributed by atoms with van der Waals surface area (Å²) in [6.07, 6.45) is 3.30. The molecule has 0 radical (unpaired) electrons. The van der Waals surface area contributed by atoms with Crippen molar-refractivity contribution in [1.29, 1.82) is 0 Å². The Balaban J connectivity index is 1.81. The minimum Gasteiger partial charge on any atom is -0.261 e. The number of rotatable bonds is 2. The summed E-state index contributed by atoms with van der Waals surface area (Å²) in [5.41, 5.74) is 3.11. The standard InChI is InChI=1S/C12H11ClN8/c1-6-10(13)7(2)20(18-6)4-9-16-12-8-3-15-17-11(8)14-5-21(12)19-9/h3,5H,4H2,1-2H3,(H,15,17). The molecule has 4 aromatic heterocycles. The van der Waals surface area contributed by atoms with Crippen molar-refractivity contribution < 1.29 is 0 Å². The SMILES string of the molecule is Cc1nn(Cc2nc3c4cn[nH]c4ncn3n2)c(C)c1Cl. The molecule has 8 nitrogen and oxygen atoms in total. The molecular formula is C12H11ClN8. The minimum absolute atomic E-state index is 0.459. The smallest absolute Gasteiger partial charge is 0.173 e. The zero-order valence-corrected chi connectivity index (χ0v) is 12.1. The lowest BCUT2D eigenvalue weighted by Crippen LogP contribution is -2.05. The second-order valence-corrected chi connectivity index (χ2v) is 5.19. The lowest BCUT2D eigenvalue weighted by molar-refractivity contribution is 0.630. The average molecular weight is 303 g/mol. The van der Waals surface area contributed by atoms with Crippen LogP contribution in [0.15, 0.2) is 12.5 Å². The zero-order chi connectivity index (χ0) is 14.6. The Morgan fingerprint density at radius 3 is 2.90 bits per heavy atom. The number of nitrogens with zero attached hydrogens (tertiary/aromatic N) is 7. The Bertz CT molecular complexity index is 963. The van der Waals surface area contributed by atoms with Crippen LogP contribution in [-0.2, 0) is 6.54 Å². The molecular weight excluding hydrogens is 292 g/mol. The number of aryl methyl sites for hydroxylation is 1. The maximum atomic E-state index is 6.15. The quantitative estimate of drug-likeness (QED) is 0.606. The fourth-order valence-corrected chi connectivity index (χ4v) is 2.45. The van der Waals surface area contributed by atoms with Crippen molar-refractivity contribution in [3.8, 4) is 0 Å². The van der Waals surface area contributed by atoms with Gasteiger partial charge < -0.3 is 0 Å². The van der Waals surface area contributed by atoms with E-state index in [1.54, 1.807) is 21.7 Å². The number of hydrogen-bond acceptors (Lipinski definition) is 5. The highest BCUT2D eigenvalue weighted by molar-refractivity contribution is 6.31. The molecule has 0 aromatic carbocycles. The lowest BCUT2D eigenvalue weighted by atomic mass is 10.4. The van der Waals surface area contributed by atoms with E-state index in [0.29, 0.717) is 23.0 Å². The molecule has 0 unspecified atom stereocenters. The van der Waals surface area contributed by atoms with E-state index in [4.69, 9.17) is 11.6 Å². The van der Waals surface area contributed by atoms with Crippen molar-refractivity contribution >= 4 is 28.3 Å². The molecule has 0 saturated carbocycles. The molecule has 1 N–H and O–H groups in total. The number of H-pyrrole nitrogens is 1. The number of aromatic nitrogens is 8. The largest absolute Gasteiger partial charge is 0.261 e. The monoisotopic (exact) mass is 302 g/mol. The number of halogens is 1. The summed E-state index contributed by atoms with van der Waals surface area (Å²) in [7, 11) is 0. The average Bonchev–Trinajstić information content (AvgIpc) is 3.13. The van der Waals surface area contributed by atoms with Gasteiger partial charge in [-0.3, -0.25) is 9.78 Å². The van der Waals surface area contributed by atoms with Gasteiger partial charge in [-0.25, -0.2) is 14.5 Å². The summed E-state index contributed by atoms with van der Waals surface area (Å²) in [6.45, 7) is 4.26. The molecule has 0 saturated heterocycles. The Labute approximate surface area is 123 Å². The van der Waals surface area contributed by atoms with Gasteiger partial charge in [0.2, 0.25) is 0 Å². The summed E-state index contributed by atoms with van der Waals surface area (Å²) in [4.78, 5) is 8.76. The highest BCUT2D eigenvalue weighted by Crippen LogP contribution is 2.20. The van der Waals surface area contributed by atoms with Crippen molar-refractivity contribution in [2.24, 2.45) is 0 Å². The zero-order valence-electron chi connectivity index (χ0n) is 11.4. The number of fused-ring (bicyclic) bond motifs is 3. The summed E-state index contributed by atoms with van der Waals surface area (Å²) in [6, 6.07) is 0. The van der Waals surface area contributed by atoms with Crippen molar-refractivity contribution in [2.75, 3.05) is 0 Å². The van der Waals surface area contributed by atoms with Gasteiger partial charge in [-0.1, -0.05) is 11.6 Å².